The molecule has 0 amide bonds. The molecule has 22 heavy (non-hydrogen) atoms. The van der Waals surface area contributed by atoms with Crippen LogP contribution in [0.5, 0.6) is 0 Å². The van der Waals surface area contributed by atoms with E-state index < -0.39 is 42.6 Å². The summed E-state index contributed by atoms with van der Waals surface area (Å²) in [5.74, 6) is -28.5. The minimum absolute atomic E-state index is 0.491. The Hall–Kier alpha value is -1.50. The third-order valence-corrected chi connectivity index (χ3v) is 2.14. The number of ether oxygens (including phenoxy) is 2. The Morgan fingerprint density at radius 1 is 0.773 bits per heavy atom. The van der Waals surface area contributed by atoms with Gasteiger partial charge in [-0.3, -0.25) is 0 Å². The van der Waals surface area contributed by atoms with Crippen LogP contribution < -0.4 is 0 Å². The summed E-state index contributed by atoms with van der Waals surface area (Å²) < 4.78 is 143. The number of hydrogen-bond donors (Lipinski definition) is 0. The van der Waals surface area contributed by atoms with E-state index in [-0.39, 0.29) is 0 Å². The molecule has 0 aliphatic carbocycles. The Kier molecular flexibility index (Phi) is 5.22. The van der Waals surface area contributed by atoms with E-state index in [1.165, 1.54) is 0 Å². The number of halogens is 11. The molecular weight excluding hydrogens is 353 g/mol. The molecule has 0 atom stereocenters. The summed E-state index contributed by atoms with van der Waals surface area (Å²) >= 11 is 0. The number of rotatable bonds is 5. The van der Waals surface area contributed by atoms with Crippen molar-refractivity contribution in [1.82, 2.24) is 0 Å². The van der Waals surface area contributed by atoms with Gasteiger partial charge in [-0.05, 0) is 0 Å². The molecule has 0 aliphatic heterocycles. The molecule has 14 heteroatoms. The Morgan fingerprint density at radius 2 is 1.18 bits per heavy atom. The lowest BCUT2D eigenvalue weighted by atomic mass is 9.98. The minimum Gasteiger partial charge on any atom is -0.438 e. The van der Waals surface area contributed by atoms with E-state index >= 15 is 0 Å². The Bertz CT molecular complexity index is 414. The molecule has 0 bridgehead atoms. The molecule has 0 heterocycles. The first-order valence-electron chi connectivity index (χ1n) is 4.74. The van der Waals surface area contributed by atoms with Crippen molar-refractivity contribution in [2.75, 3.05) is 13.7 Å². The summed E-state index contributed by atoms with van der Waals surface area (Å²) in [5.41, 5.74) is 0. The van der Waals surface area contributed by atoms with Gasteiger partial charge in [0.05, 0.1) is 7.11 Å². The van der Waals surface area contributed by atoms with Crippen LogP contribution in [0.1, 0.15) is 0 Å². The van der Waals surface area contributed by atoms with E-state index in [1.54, 1.807) is 0 Å². The molecule has 0 fully saturated rings. The molecule has 0 N–H and O–H groups in total. The predicted molar refractivity (Wildman–Crippen MR) is 44.2 cm³/mol. The summed E-state index contributed by atoms with van der Waals surface area (Å²) in [7, 11) is 0.491. The lowest BCUT2D eigenvalue weighted by Gasteiger charge is -2.36. The van der Waals surface area contributed by atoms with Gasteiger partial charge < -0.3 is 9.47 Å². The van der Waals surface area contributed by atoms with Crippen LogP contribution >= 0.6 is 0 Å². The lowest BCUT2D eigenvalue weighted by Crippen LogP contribution is -2.67. The zero-order chi connectivity index (χ0) is 18.2. The van der Waals surface area contributed by atoms with Crippen molar-refractivity contribution >= 4 is 6.16 Å². The van der Waals surface area contributed by atoms with Crippen molar-refractivity contribution in [3.8, 4) is 0 Å². The van der Waals surface area contributed by atoms with Crippen molar-refractivity contribution < 1.29 is 62.6 Å². The average Bonchev–Trinajstić information content (AvgIpc) is 2.33. The van der Waals surface area contributed by atoms with Crippen LogP contribution in [0.4, 0.5) is 53.1 Å². The lowest BCUT2D eigenvalue weighted by molar-refractivity contribution is -0.423. The van der Waals surface area contributed by atoms with Crippen LogP contribution in [0.3, 0.4) is 0 Å². The van der Waals surface area contributed by atoms with Crippen molar-refractivity contribution in [3.05, 3.63) is 0 Å². The molecule has 0 aromatic carbocycles. The fraction of sp³-hybridized carbons (Fsp3) is 0.875. The molecule has 0 saturated heterocycles. The van der Waals surface area contributed by atoms with Crippen LogP contribution in [-0.2, 0) is 9.47 Å². The van der Waals surface area contributed by atoms with Crippen molar-refractivity contribution in [2.45, 2.75) is 29.9 Å². The molecule has 132 valence electrons. The molecule has 0 aromatic heterocycles. The number of hydrogen-bond acceptors (Lipinski definition) is 3. The number of carbonyl (C=O) groups excluding carboxylic acids is 1. The van der Waals surface area contributed by atoms with Gasteiger partial charge in [-0.25, -0.2) is 4.79 Å². The van der Waals surface area contributed by atoms with Crippen LogP contribution in [0.25, 0.3) is 0 Å². The van der Waals surface area contributed by atoms with Gasteiger partial charge in [0.1, 0.15) is 0 Å². The monoisotopic (exact) mass is 358 g/mol. The largest absolute Gasteiger partial charge is 0.508 e. The first-order valence-corrected chi connectivity index (χ1v) is 4.74. The van der Waals surface area contributed by atoms with Crippen LogP contribution in [-0.4, -0.2) is 49.7 Å². The quantitative estimate of drug-likeness (QED) is 0.553. The molecule has 0 radical (unpaired) electrons. The summed E-state index contributed by atoms with van der Waals surface area (Å²) in [4.78, 5) is 10.3. The summed E-state index contributed by atoms with van der Waals surface area (Å²) in [6, 6.07) is 0. The average molecular weight is 358 g/mol. The number of methoxy groups -OCH3 is 1. The van der Waals surface area contributed by atoms with E-state index in [2.05, 4.69) is 9.47 Å². The van der Waals surface area contributed by atoms with Gasteiger partial charge in [-0.2, -0.15) is 48.3 Å². The van der Waals surface area contributed by atoms with Crippen molar-refractivity contribution in [1.29, 1.82) is 0 Å². The zero-order valence-corrected chi connectivity index (χ0v) is 10.1. The van der Waals surface area contributed by atoms with Gasteiger partial charge in [0.25, 0.3) is 0 Å². The molecule has 3 nitrogen and oxygen atoms in total. The standard InChI is InChI=1S/C8H5F11O3/c1-21-3(20)22-2-4(9,10)5(11,12)6(13,14)7(15,16)8(17,18)19/h2H2,1H3. The number of carbonyl (C=O) groups is 1. The SMILES string of the molecule is COC(=O)OCC(F)(F)C(F)(F)C(F)(F)C(F)(F)C(F)(F)F. The van der Waals surface area contributed by atoms with Gasteiger partial charge in [0.15, 0.2) is 6.61 Å². The molecule has 0 rings (SSSR count). The van der Waals surface area contributed by atoms with E-state index in [1.807, 2.05) is 0 Å². The summed E-state index contributed by atoms with van der Waals surface area (Å²) in [5, 5.41) is 0. The van der Waals surface area contributed by atoms with Crippen LogP contribution in [0.2, 0.25) is 0 Å². The predicted octanol–water partition coefficient (Wildman–Crippen LogP) is 3.87. The third-order valence-electron chi connectivity index (χ3n) is 2.14. The molecule has 0 aliphatic rings. The van der Waals surface area contributed by atoms with E-state index in [4.69, 9.17) is 0 Å². The van der Waals surface area contributed by atoms with Gasteiger partial charge in [-0.1, -0.05) is 0 Å². The van der Waals surface area contributed by atoms with Gasteiger partial charge in [-0.15, -0.1) is 0 Å². The molecule has 0 unspecified atom stereocenters. The third kappa shape index (κ3) is 3.14. The topological polar surface area (TPSA) is 35.5 Å². The van der Waals surface area contributed by atoms with Crippen molar-refractivity contribution in [2.24, 2.45) is 0 Å². The summed E-state index contributed by atoms with van der Waals surface area (Å²) in [6.07, 6.45) is -9.32. The van der Waals surface area contributed by atoms with E-state index in [0.29, 0.717) is 7.11 Å². The normalized spacial score (nSPS) is 14.7. The second kappa shape index (κ2) is 5.61. The zero-order valence-electron chi connectivity index (χ0n) is 10.1. The maximum Gasteiger partial charge on any atom is 0.508 e. The van der Waals surface area contributed by atoms with Gasteiger partial charge in [0.2, 0.25) is 0 Å². The molecular formula is C8H5F11O3. The first kappa shape index (κ1) is 20.5. The minimum atomic E-state index is -7.53. The Morgan fingerprint density at radius 3 is 1.50 bits per heavy atom. The maximum absolute atomic E-state index is 12.8. The molecule has 0 aromatic rings. The van der Waals surface area contributed by atoms with Gasteiger partial charge >= 0.3 is 36.0 Å². The molecule has 0 saturated carbocycles. The fourth-order valence-electron chi connectivity index (χ4n) is 0.904. The smallest absolute Gasteiger partial charge is 0.438 e. The van der Waals surface area contributed by atoms with E-state index in [9.17, 15) is 53.1 Å². The van der Waals surface area contributed by atoms with Crippen LogP contribution in [0.15, 0.2) is 0 Å². The Labute approximate surface area is 114 Å². The highest BCUT2D eigenvalue weighted by atomic mass is 19.4. The fourth-order valence-corrected chi connectivity index (χ4v) is 0.904. The highest BCUT2D eigenvalue weighted by molar-refractivity contribution is 5.59. The van der Waals surface area contributed by atoms with Gasteiger partial charge in [0, 0.05) is 0 Å². The maximum atomic E-state index is 12.8. The van der Waals surface area contributed by atoms with Crippen molar-refractivity contribution in [3.63, 3.8) is 0 Å². The Balaban J connectivity index is 5.64. The first-order chi connectivity index (χ1) is 9.45. The highest BCUT2D eigenvalue weighted by Crippen LogP contribution is 2.57. The number of alkyl halides is 11. The summed E-state index contributed by atoms with van der Waals surface area (Å²) in [6.45, 7) is -2.92. The highest BCUT2D eigenvalue weighted by Gasteiger charge is 2.87. The second-order valence-electron chi connectivity index (χ2n) is 3.67. The molecule has 0 spiro atoms. The van der Waals surface area contributed by atoms with E-state index in [0.717, 1.165) is 0 Å². The second-order valence-corrected chi connectivity index (χ2v) is 3.67. The van der Waals surface area contributed by atoms with Crippen LogP contribution in [0, 0.1) is 0 Å².